The van der Waals surface area contributed by atoms with Gasteiger partial charge >= 0.3 is 12.1 Å². The zero-order chi connectivity index (χ0) is 14.0. The van der Waals surface area contributed by atoms with E-state index in [1.54, 1.807) is 24.3 Å². The summed E-state index contributed by atoms with van der Waals surface area (Å²) < 4.78 is 6.05. The van der Waals surface area contributed by atoms with Gasteiger partial charge in [0.25, 0.3) is 0 Å². The molecule has 0 radical (unpaired) electrons. The molecule has 0 bridgehead atoms. The first-order chi connectivity index (χ1) is 9.00. The number of ether oxygens (including phenoxy) is 1. The van der Waals surface area contributed by atoms with Crippen LogP contribution in [-0.2, 0) is 4.74 Å². The Morgan fingerprint density at radius 2 is 2.05 bits per heavy atom. The lowest BCUT2D eigenvalue weighted by Gasteiger charge is -2.06. The summed E-state index contributed by atoms with van der Waals surface area (Å²) in [5, 5.41) is 13.3. The Labute approximate surface area is 109 Å². The molecule has 1 N–H and O–H groups in total. The van der Waals surface area contributed by atoms with Crippen molar-refractivity contribution < 1.29 is 19.4 Å². The molecule has 0 aliphatic carbocycles. The molecule has 1 heterocycles. The molecule has 0 amide bonds. The predicted octanol–water partition coefficient (Wildman–Crippen LogP) is 2.38. The van der Waals surface area contributed by atoms with Gasteiger partial charge < -0.3 is 9.84 Å². The third-order valence-corrected chi connectivity index (χ3v) is 2.50. The number of para-hydroxylation sites is 1. The van der Waals surface area contributed by atoms with Gasteiger partial charge in [-0.2, -0.15) is 9.78 Å². The van der Waals surface area contributed by atoms with E-state index in [4.69, 9.17) is 9.84 Å². The second-order valence-electron chi connectivity index (χ2n) is 4.55. The van der Waals surface area contributed by atoms with Gasteiger partial charge in [0.05, 0.1) is 12.1 Å². The first kappa shape index (κ1) is 13.1. The molecule has 6 heteroatoms. The van der Waals surface area contributed by atoms with Gasteiger partial charge in [-0.05, 0) is 12.0 Å². The van der Waals surface area contributed by atoms with Gasteiger partial charge in [0.2, 0.25) is 0 Å². The summed E-state index contributed by atoms with van der Waals surface area (Å²) in [6, 6.07) is 6.64. The molecule has 2 rings (SSSR count). The molecule has 0 saturated heterocycles. The van der Waals surface area contributed by atoms with E-state index >= 15 is 0 Å². The molecule has 1 aromatic carbocycles. The van der Waals surface area contributed by atoms with Crippen molar-refractivity contribution in [3.63, 3.8) is 0 Å². The van der Waals surface area contributed by atoms with Crippen LogP contribution in [0, 0.1) is 5.92 Å². The molecule has 0 spiro atoms. The van der Waals surface area contributed by atoms with E-state index in [2.05, 4.69) is 5.10 Å². The SMILES string of the molecule is CC(C)COC(=O)n1nc(C(=O)O)c2ccccc21. The van der Waals surface area contributed by atoms with E-state index in [1.807, 2.05) is 13.8 Å². The third kappa shape index (κ3) is 2.57. The number of fused-ring (bicyclic) bond motifs is 1. The Morgan fingerprint density at radius 3 is 2.68 bits per heavy atom. The van der Waals surface area contributed by atoms with Crippen molar-refractivity contribution in [3.05, 3.63) is 30.0 Å². The maximum Gasteiger partial charge on any atom is 0.435 e. The first-order valence-electron chi connectivity index (χ1n) is 5.89. The predicted molar refractivity (Wildman–Crippen MR) is 68.3 cm³/mol. The Hall–Kier alpha value is -2.37. The average molecular weight is 262 g/mol. The number of carbonyl (C=O) groups is 2. The quantitative estimate of drug-likeness (QED) is 0.918. The monoisotopic (exact) mass is 262 g/mol. The Bertz CT molecular complexity index is 631. The van der Waals surface area contributed by atoms with E-state index in [1.165, 1.54) is 0 Å². The highest BCUT2D eigenvalue weighted by atomic mass is 16.6. The molecule has 2 aromatic rings. The molecule has 0 unspecified atom stereocenters. The Morgan fingerprint density at radius 1 is 1.37 bits per heavy atom. The molecule has 19 heavy (non-hydrogen) atoms. The van der Waals surface area contributed by atoms with Gasteiger partial charge in [-0.1, -0.05) is 32.0 Å². The van der Waals surface area contributed by atoms with Crippen LogP contribution in [0.5, 0.6) is 0 Å². The molecule has 6 nitrogen and oxygen atoms in total. The van der Waals surface area contributed by atoms with E-state index in [-0.39, 0.29) is 18.2 Å². The van der Waals surface area contributed by atoms with Crippen molar-refractivity contribution >= 4 is 23.0 Å². The Kier molecular flexibility index (Phi) is 3.50. The van der Waals surface area contributed by atoms with Crippen molar-refractivity contribution in [1.29, 1.82) is 0 Å². The minimum absolute atomic E-state index is 0.155. The van der Waals surface area contributed by atoms with Crippen LogP contribution in [-0.4, -0.2) is 33.6 Å². The standard InChI is InChI=1S/C13H14N2O4/c1-8(2)7-19-13(18)15-10-6-4-3-5-9(10)11(14-15)12(16)17/h3-6,8H,7H2,1-2H3,(H,16,17). The minimum atomic E-state index is -1.17. The lowest BCUT2D eigenvalue weighted by atomic mass is 10.2. The van der Waals surface area contributed by atoms with Gasteiger partial charge in [0.15, 0.2) is 5.69 Å². The maximum absolute atomic E-state index is 11.9. The van der Waals surface area contributed by atoms with Crippen molar-refractivity contribution in [3.8, 4) is 0 Å². The topological polar surface area (TPSA) is 81.4 Å². The number of carboxylic acid groups (broad SMARTS) is 1. The minimum Gasteiger partial charge on any atom is -0.476 e. The highest BCUT2D eigenvalue weighted by molar-refractivity contribution is 6.03. The van der Waals surface area contributed by atoms with E-state index in [9.17, 15) is 9.59 Å². The number of benzene rings is 1. The maximum atomic E-state index is 11.9. The zero-order valence-electron chi connectivity index (χ0n) is 10.7. The van der Waals surface area contributed by atoms with Crippen LogP contribution in [0.15, 0.2) is 24.3 Å². The van der Waals surface area contributed by atoms with E-state index in [0.29, 0.717) is 10.9 Å². The summed E-state index contributed by atoms with van der Waals surface area (Å²) in [4.78, 5) is 23.0. The summed E-state index contributed by atoms with van der Waals surface area (Å²) in [6.07, 6.45) is -0.669. The van der Waals surface area contributed by atoms with E-state index < -0.39 is 12.1 Å². The zero-order valence-corrected chi connectivity index (χ0v) is 10.7. The molecule has 0 aliphatic rings. The molecule has 0 atom stereocenters. The second-order valence-corrected chi connectivity index (χ2v) is 4.55. The number of aromatic carboxylic acids is 1. The fraction of sp³-hybridized carbons (Fsp3) is 0.308. The van der Waals surface area contributed by atoms with Gasteiger partial charge in [0.1, 0.15) is 0 Å². The molecule has 100 valence electrons. The lowest BCUT2D eigenvalue weighted by Crippen LogP contribution is -2.18. The van der Waals surface area contributed by atoms with Gasteiger partial charge in [0, 0.05) is 5.39 Å². The van der Waals surface area contributed by atoms with Gasteiger partial charge in [-0.25, -0.2) is 9.59 Å². The van der Waals surface area contributed by atoms with Crippen molar-refractivity contribution in [1.82, 2.24) is 9.78 Å². The van der Waals surface area contributed by atoms with Crippen LogP contribution in [0.2, 0.25) is 0 Å². The highest BCUT2D eigenvalue weighted by Gasteiger charge is 2.20. The third-order valence-electron chi connectivity index (χ3n) is 2.50. The number of carboxylic acids is 1. The fourth-order valence-corrected chi connectivity index (χ4v) is 1.66. The largest absolute Gasteiger partial charge is 0.476 e. The molecular formula is C13H14N2O4. The van der Waals surface area contributed by atoms with Gasteiger partial charge in [-0.3, -0.25) is 0 Å². The summed E-state index contributed by atoms with van der Waals surface area (Å²) >= 11 is 0. The number of aromatic nitrogens is 2. The Balaban J connectivity index is 2.43. The van der Waals surface area contributed by atoms with Crippen LogP contribution in [0.25, 0.3) is 10.9 Å². The van der Waals surface area contributed by atoms with Crippen molar-refractivity contribution in [2.24, 2.45) is 5.92 Å². The summed E-state index contributed by atoms with van der Waals surface area (Å²) in [5.41, 5.74) is 0.269. The molecule has 0 saturated carbocycles. The van der Waals surface area contributed by atoms with Crippen molar-refractivity contribution in [2.75, 3.05) is 6.61 Å². The summed E-state index contributed by atoms with van der Waals surface area (Å²) in [6.45, 7) is 4.09. The number of hydrogen-bond donors (Lipinski definition) is 1. The normalized spacial score (nSPS) is 10.9. The van der Waals surface area contributed by atoms with Crippen LogP contribution in [0.1, 0.15) is 24.3 Å². The molecule has 0 fully saturated rings. The smallest absolute Gasteiger partial charge is 0.435 e. The molecular weight excluding hydrogens is 248 g/mol. The summed E-state index contributed by atoms with van der Waals surface area (Å²) in [5.74, 6) is -0.976. The fourth-order valence-electron chi connectivity index (χ4n) is 1.66. The van der Waals surface area contributed by atoms with E-state index in [0.717, 1.165) is 4.68 Å². The summed E-state index contributed by atoms with van der Waals surface area (Å²) in [7, 11) is 0. The van der Waals surface area contributed by atoms with Gasteiger partial charge in [-0.15, -0.1) is 0 Å². The molecule has 1 aromatic heterocycles. The lowest BCUT2D eigenvalue weighted by molar-refractivity contribution is 0.0691. The number of rotatable bonds is 3. The van der Waals surface area contributed by atoms with Crippen LogP contribution in [0.3, 0.4) is 0 Å². The van der Waals surface area contributed by atoms with Crippen LogP contribution < -0.4 is 0 Å². The number of hydrogen-bond acceptors (Lipinski definition) is 4. The first-order valence-corrected chi connectivity index (χ1v) is 5.89. The number of carbonyl (C=O) groups excluding carboxylic acids is 1. The van der Waals surface area contributed by atoms with Crippen LogP contribution in [0.4, 0.5) is 4.79 Å². The average Bonchev–Trinajstić information content (AvgIpc) is 2.75. The number of nitrogens with zero attached hydrogens (tertiary/aromatic N) is 2. The second kappa shape index (κ2) is 5.09. The van der Waals surface area contributed by atoms with Crippen LogP contribution >= 0.6 is 0 Å². The highest BCUT2D eigenvalue weighted by Crippen LogP contribution is 2.18. The van der Waals surface area contributed by atoms with Crippen molar-refractivity contribution in [2.45, 2.75) is 13.8 Å². The molecule has 0 aliphatic heterocycles.